The van der Waals surface area contributed by atoms with Gasteiger partial charge in [0.05, 0.1) is 11.9 Å². The average molecular weight is 447 g/mol. The Morgan fingerprint density at radius 3 is 2.48 bits per heavy atom. The van der Waals surface area contributed by atoms with Crippen molar-refractivity contribution >= 4 is 27.3 Å². The lowest BCUT2D eigenvalue weighted by Gasteiger charge is -2.30. The van der Waals surface area contributed by atoms with Gasteiger partial charge in [0, 0.05) is 29.9 Å². The van der Waals surface area contributed by atoms with Gasteiger partial charge in [0.1, 0.15) is 0 Å². The predicted molar refractivity (Wildman–Crippen MR) is 122 cm³/mol. The Bertz CT molecular complexity index is 1020. The fourth-order valence-corrected chi connectivity index (χ4v) is 3.51. The largest absolute Gasteiger partial charge is 0.481 e. The minimum atomic E-state index is -3.58. The third-order valence-corrected chi connectivity index (χ3v) is 4.93. The molecule has 1 aromatic carbocycles. The van der Waals surface area contributed by atoms with Gasteiger partial charge >= 0.3 is 5.97 Å². The van der Waals surface area contributed by atoms with Crippen LogP contribution in [0.3, 0.4) is 0 Å². The second-order valence-electron chi connectivity index (χ2n) is 8.23. The molecule has 0 unspecified atom stereocenters. The summed E-state index contributed by atoms with van der Waals surface area (Å²) < 4.78 is 25.4. The summed E-state index contributed by atoms with van der Waals surface area (Å²) in [5, 5.41) is 8.88. The number of pyridine rings is 1. The van der Waals surface area contributed by atoms with Crippen LogP contribution in [0.15, 0.2) is 54.9 Å². The second kappa shape index (κ2) is 10.5. The van der Waals surface area contributed by atoms with Gasteiger partial charge in [0.25, 0.3) is 0 Å². The third kappa shape index (κ3) is 8.49. The van der Waals surface area contributed by atoms with Crippen LogP contribution in [0.2, 0.25) is 0 Å². The van der Waals surface area contributed by atoms with Crippen LogP contribution in [0.1, 0.15) is 51.2 Å². The highest BCUT2D eigenvalue weighted by Gasteiger charge is 2.23. The molecule has 0 saturated carbocycles. The maximum absolute atomic E-state index is 12.2. The topological polar surface area (TPSA) is 112 Å². The van der Waals surface area contributed by atoms with Crippen molar-refractivity contribution < 1.29 is 18.3 Å². The van der Waals surface area contributed by atoms with Gasteiger partial charge in [0.2, 0.25) is 10.0 Å². The Balaban J connectivity index is 2.35. The summed E-state index contributed by atoms with van der Waals surface area (Å²) in [5.41, 5.74) is 8.61. The lowest BCUT2D eigenvalue weighted by atomic mass is 9.97. The number of hydrazine groups is 2. The smallest absolute Gasteiger partial charge is 0.303 e. The van der Waals surface area contributed by atoms with Gasteiger partial charge < -0.3 is 5.11 Å². The molecule has 0 aliphatic rings. The second-order valence-corrected chi connectivity index (χ2v) is 10.1. The molecule has 0 aliphatic heterocycles. The molecule has 0 bridgehead atoms. The maximum atomic E-state index is 12.2. The van der Waals surface area contributed by atoms with Crippen molar-refractivity contribution in [3.63, 3.8) is 0 Å². The molecule has 0 fully saturated rings. The summed E-state index contributed by atoms with van der Waals surface area (Å²) in [6, 6.07) is 11.1. The van der Waals surface area contributed by atoms with E-state index in [9.17, 15) is 13.2 Å². The van der Waals surface area contributed by atoms with E-state index < -0.39 is 21.5 Å². The Morgan fingerprint density at radius 2 is 1.90 bits per heavy atom. The lowest BCUT2D eigenvalue weighted by Crippen LogP contribution is -2.54. The quantitative estimate of drug-likeness (QED) is 0.377. The van der Waals surface area contributed by atoms with Crippen LogP contribution < -0.4 is 10.9 Å². The number of sulfonamides is 1. The van der Waals surface area contributed by atoms with E-state index in [-0.39, 0.29) is 6.42 Å². The highest BCUT2D eigenvalue weighted by Crippen LogP contribution is 2.26. The molecule has 31 heavy (non-hydrogen) atoms. The SMILES string of the molecule is CC(C)(C)NN(Nc1cccc(/C(=C\CCCC(=O)O)c2cccnc2)c1)S(C)(=O)=O. The molecule has 168 valence electrons. The lowest BCUT2D eigenvalue weighted by molar-refractivity contribution is -0.137. The Kier molecular flexibility index (Phi) is 8.32. The van der Waals surface area contributed by atoms with Gasteiger partial charge in [-0.1, -0.05) is 24.3 Å². The number of benzene rings is 1. The number of allylic oxidation sites excluding steroid dienone is 1. The van der Waals surface area contributed by atoms with Gasteiger partial charge in [-0.05, 0) is 67.5 Å². The van der Waals surface area contributed by atoms with Crippen LogP contribution in [-0.2, 0) is 14.8 Å². The zero-order valence-corrected chi connectivity index (χ0v) is 19.1. The first kappa shape index (κ1) is 24.5. The summed E-state index contributed by atoms with van der Waals surface area (Å²) in [5.74, 6) is -0.824. The summed E-state index contributed by atoms with van der Waals surface area (Å²) in [6.07, 6.45) is 7.75. The number of carboxylic acid groups (broad SMARTS) is 1. The van der Waals surface area contributed by atoms with Crippen LogP contribution in [0.5, 0.6) is 0 Å². The summed E-state index contributed by atoms with van der Waals surface area (Å²) in [4.78, 5) is 15.0. The van der Waals surface area contributed by atoms with Gasteiger partial charge in [-0.25, -0.2) is 13.8 Å². The standard InChI is InChI=1S/C22H30N4O4S/c1-22(2,3)25-26(31(4,29)30)24-19-11-7-9-17(15-19)20(12-5-6-13-21(27)28)18-10-8-14-23-16-18/h7-12,14-16,24-25H,5-6,13H2,1-4H3,(H,27,28)/b20-12+. The Hall–Kier alpha value is -2.75. The number of unbranched alkanes of at least 4 members (excludes halogenated alkanes) is 1. The number of nitrogens with one attached hydrogen (secondary N) is 2. The average Bonchev–Trinajstić information content (AvgIpc) is 2.66. The molecule has 0 saturated heterocycles. The summed E-state index contributed by atoms with van der Waals surface area (Å²) in [7, 11) is -3.58. The van der Waals surface area contributed by atoms with Crippen LogP contribution >= 0.6 is 0 Å². The van der Waals surface area contributed by atoms with Crippen molar-refractivity contribution in [1.82, 2.24) is 14.9 Å². The minimum absolute atomic E-state index is 0.0974. The third-order valence-electron chi connectivity index (χ3n) is 4.09. The number of hydrogen-bond donors (Lipinski definition) is 3. The van der Waals surface area contributed by atoms with Crippen molar-refractivity contribution in [2.75, 3.05) is 11.7 Å². The molecule has 9 heteroatoms. The number of carbonyl (C=O) groups is 1. The first-order valence-electron chi connectivity index (χ1n) is 9.93. The van der Waals surface area contributed by atoms with Crippen molar-refractivity contribution in [3.05, 3.63) is 66.0 Å². The molecule has 2 rings (SSSR count). The number of rotatable bonds is 10. The first-order chi connectivity index (χ1) is 14.5. The van der Waals surface area contributed by atoms with E-state index in [1.54, 1.807) is 18.5 Å². The van der Waals surface area contributed by atoms with E-state index in [2.05, 4.69) is 15.8 Å². The van der Waals surface area contributed by atoms with E-state index >= 15 is 0 Å². The van der Waals surface area contributed by atoms with E-state index in [0.29, 0.717) is 18.5 Å². The molecule has 1 aromatic heterocycles. The maximum Gasteiger partial charge on any atom is 0.303 e. The molecule has 0 spiro atoms. The monoisotopic (exact) mass is 446 g/mol. The molecular formula is C22H30N4O4S. The Labute approximate surface area is 184 Å². The highest BCUT2D eigenvalue weighted by atomic mass is 32.2. The number of anilines is 1. The number of hydrogen-bond acceptors (Lipinski definition) is 6. The zero-order chi connectivity index (χ0) is 23.1. The highest BCUT2D eigenvalue weighted by molar-refractivity contribution is 7.88. The first-order valence-corrected chi connectivity index (χ1v) is 11.8. The summed E-state index contributed by atoms with van der Waals surface area (Å²) in [6.45, 7) is 5.59. The fraction of sp³-hybridized carbons (Fsp3) is 0.364. The van der Waals surface area contributed by atoms with Gasteiger partial charge in [0.15, 0.2) is 0 Å². The van der Waals surface area contributed by atoms with Crippen LogP contribution in [0.4, 0.5) is 5.69 Å². The number of carboxylic acids is 1. The number of aliphatic carboxylic acids is 1. The molecule has 8 nitrogen and oxygen atoms in total. The molecule has 0 aliphatic carbocycles. The van der Waals surface area contributed by atoms with E-state index in [0.717, 1.165) is 27.5 Å². The van der Waals surface area contributed by atoms with Gasteiger partial charge in [-0.3, -0.25) is 15.2 Å². The minimum Gasteiger partial charge on any atom is -0.481 e. The van der Waals surface area contributed by atoms with Crippen molar-refractivity contribution in [2.24, 2.45) is 0 Å². The van der Waals surface area contributed by atoms with Crippen LogP contribution in [-0.4, -0.2) is 40.8 Å². The predicted octanol–water partition coefficient (Wildman–Crippen LogP) is 3.66. The van der Waals surface area contributed by atoms with Crippen molar-refractivity contribution in [2.45, 2.75) is 45.6 Å². The van der Waals surface area contributed by atoms with E-state index in [1.807, 2.05) is 57.2 Å². The van der Waals surface area contributed by atoms with Crippen molar-refractivity contribution in [1.29, 1.82) is 0 Å². The van der Waals surface area contributed by atoms with Gasteiger partial charge in [-0.15, -0.1) is 0 Å². The normalized spacial score (nSPS) is 12.7. The molecule has 2 aromatic rings. The molecule has 0 radical (unpaired) electrons. The molecule has 0 atom stereocenters. The zero-order valence-electron chi connectivity index (χ0n) is 18.3. The van der Waals surface area contributed by atoms with Crippen LogP contribution in [0, 0.1) is 0 Å². The number of nitrogens with zero attached hydrogens (tertiary/aromatic N) is 2. The fourth-order valence-electron chi connectivity index (χ4n) is 2.80. The summed E-state index contributed by atoms with van der Waals surface area (Å²) >= 11 is 0. The van der Waals surface area contributed by atoms with Crippen LogP contribution in [0.25, 0.3) is 5.57 Å². The molecule has 1 heterocycles. The molecule has 3 N–H and O–H groups in total. The van der Waals surface area contributed by atoms with E-state index in [4.69, 9.17) is 5.11 Å². The number of aromatic nitrogens is 1. The molecular weight excluding hydrogens is 416 g/mol. The van der Waals surface area contributed by atoms with E-state index in [1.165, 1.54) is 0 Å². The van der Waals surface area contributed by atoms with Gasteiger partial charge in [-0.2, -0.15) is 0 Å². The molecule has 0 amide bonds. The van der Waals surface area contributed by atoms with Crippen molar-refractivity contribution in [3.8, 4) is 0 Å². The Morgan fingerprint density at radius 1 is 1.19 bits per heavy atom.